The van der Waals surface area contributed by atoms with Gasteiger partial charge in [-0.3, -0.25) is 14.2 Å². The van der Waals surface area contributed by atoms with Crippen molar-refractivity contribution in [1.82, 2.24) is 9.55 Å². The Bertz CT molecular complexity index is 1150. The number of methoxy groups -OCH3 is 1. The van der Waals surface area contributed by atoms with Crippen molar-refractivity contribution in [2.75, 3.05) is 36.7 Å². The molecule has 4 rings (SSSR count). The number of carbonyl (C=O) groups is 1. The van der Waals surface area contributed by atoms with Crippen LogP contribution in [0.5, 0.6) is 0 Å². The third-order valence-electron chi connectivity index (χ3n) is 4.76. The van der Waals surface area contributed by atoms with Gasteiger partial charge in [-0.15, -0.1) is 11.8 Å². The van der Waals surface area contributed by atoms with E-state index in [1.807, 2.05) is 29.2 Å². The van der Waals surface area contributed by atoms with Crippen molar-refractivity contribution >= 4 is 57.6 Å². The monoisotopic (exact) mass is 461 g/mol. The molecule has 9 heteroatoms. The smallest absolute Gasteiger partial charge is 0.262 e. The molecule has 0 spiro atoms. The van der Waals surface area contributed by atoms with Crippen LogP contribution < -0.4 is 10.5 Å². The Balaban J connectivity index is 1.62. The van der Waals surface area contributed by atoms with Crippen LogP contribution in [-0.2, 0) is 16.1 Å². The number of ether oxygens (including phenoxy) is 1. The summed E-state index contributed by atoms with van der Waals surface area (Å²) in [6, 6.07) is 12.9. The lowest BCUT2D eigenvalue weighted by Gasteiger charge is -2.28. The summed E-state index contributed by atoms with van der Waals surface area (Å²) in [6.45, 7) is 1.40. The van der Waals surface area contributed by atoms with Crippen LogP contribution in [0.15, 0.2) is 57.3 Å². The molecular weight excluding hydrogens is 442 g/mol. The quantitative estimate of drug-likeness (QED) is 0.409. The number of benzene rings is 2. The molecule has 1 aliphatic heterocycles. The normalized spacial score (nSPS) is 13.5. The maximum absolute atomic E-state index is 13.0. The first-order valence-electron chi connectivity index (χ1n) is 9.42. The van der Waals surface area contributed by atoms with Crippen molar-refractivity contribution in [1.29, 1.82) is 0 Å². The third kappa shape index (κ3) is 4.37. The summed E-state index contributed by atoms with van der Waals surface area (Å²) >= 11 is 9.10. The fraction of sp³-hybridized carbons (Fsp3) is 0.286. The number of aromatic nitrogens is 2. The van der Waals surface area contributed by atoms with Crippen LogP contribution >= 0.6 is 35.1 Å². The minimum atomic E-state index is -0.164. The Hall–Kier alpha value is -2.00. The van der Waals surface area contributed by atoms with Gasteiger partial charge in [-0.05, 0) is 30.3 Å². The Morgan fingerprint density at radius 1 is 1.30 bits per heavy atom. The molecule has 2 heterocycles. The molecule has 0 saturated heterocycles. The van der Waals surface area contributed by atoms with Gasteiger partial charge in [0.1, 0.15) is 0 Å². The summed E-state index contributed by atoms with van der Waals surface area (Å²) in [5, 5.41) is 1.49. The number of carbonyl (C=O) groups excluding carboxylic acids is 1. The molecule has 0 atom stereocenters. The van der Waals surface area contributed by atoms with E-state index in [2.05, 4.69) is 4.98 Å². The number of halogens is 1. The highest BCUT2D eigenvalue weighted by molar-refractivity contribution is 8.00. The Kier molecular flexibility index (Phi) is 6.67. The molecule has 0 radical (unpaired) electrons. The van der Waals surface area contributed by atoms with Crippen LogP contribution in [0.25, 0.3) is 10.9 Å². The summed E-state index contributed by atoms with van der Waals surface area (Å²) < 4.78 is 6.72. The van der Waals surface area contributed by atoms with Gasteiger partial charge in [-0.1, -0.05) is 35.5 Å². The average molecular weight is 462 g/mol. The second-order valence-corrected chi connectivity index (χ2v) is 9.17. The summed E-state index contributed by atoms with van der Waals surface area (Å²) in [7, 11) is 1.58. The first kappa shape index (κ1) is 21.2. The van der Waals surface area contributed by atoms with Gasteiger partial charge in [-0.25, -0.2) is 4.98 Å². The third-order valence-corrected chi connectivity index (χ3v) is 6.99. The maximum atomic E-state index is 13.0. The van der Waals surface area contributed by atoms with Gasteiger partial charge in [0.05, 0.1) is 35.5 Å². The highest BCUT2D eigenvalue weighted by atomic mass is 35.5. The standard InChI is InChI=1S/C21H20ClN3O3S2/c1-28-10-8-25-20(27)15-7-6-14(22)12-16(15)23-21(25)30-13-19(26)24-9-11-29-18-5-3-2-4-17(18)24/h2-7,12H,8-11,13H2,1H3. The summed E-state index contributed by atoms with van der Waals surface area (Å²) in [4.78, 5) is 33.5. The molecule has 156 valence electrons. The zero-order valence-corrected chi connectivity index (χ0v) is 18.7. The van der Waals surface area contributed by atoms with Gasteiger partial charge in [0.2, 0.25) is 5.91 Å². The number of hydrogen-bond acceptors (Lipinski definition) is 6. The molecular formula is C21H20ClN3O3S2. The second kappa shape index (κ2) is 9.43. The Labute approximate surface area is 187 Å². The number of rotatable bonds is 6. The van der Waals surface area contributed by atoms with E-state index in [9.17, 15) is 9.59 Å². The molecule has 30 heavy (non-hydrogen) atoms. The van der Waals surface area contributed by atoms with Crippen molar-refractivity contribution < 1.29 is 9.53 Å². The van der Waals surface area contributed by atoms with Crippen molar-refractivity contribution in [3.8, 4) is 0 Å². The molecule has 1 amide bonds. The molecule has 0 fully saturated rings. The number of hydrogen-bond donors (Lipinski definition) is 0. The predicted octanol–water partition coefficient (Wildman–Crippen LogP) is 3.93. The largest absolute Gasteiger partial charge is 0.383 e. The highest BCUT2D eigenvalue weighted by Gasteiger charge is 2.23. The fourth-order valence-corrected chi connectivity index (χ4v) is 5.36. The molecule has 0 unspecified atom stereocenters. The Morgan fingerprint density at radius 2 is 2.13 bits per heavy atom. The number of fused-ring (bicyclic) bond motifs is 2. The van der Waals surface area contributed by atoms with Gasteiger partial charge in [0.25, 0.3) is 5.56 Å². The van der Waals surface area contributed by atoms with E-state index in [-0.39, 0.29) is 17.2 Å². The van der Waals surface area contributed by atoms with Gasteiger partial charge in [-0.2, -0.15) is 0 Å². The minimum absolute atomic E-state index is 0.00789. The van der Waals surface area contributed by atoms with Crippen LogP contribution in [0.2, 0.25) is 5.02 Å². The van der Waals surface area contributed by atoms with Crippen LogP contribution in [0.3, 0.4) is 0 Å². The number of amides is 1. The lowest BCUT2D eigenvalue weighted by Crippen LogP contribution is -2.36. The predicted molar refractivity (Wildman–Crippen MR) is 123 cm³/mol. The van der Waals surface area contributed by atoms with Crippen LogP contribution in [-0.4, -0.2) is 47.2 Å². The van der Waals surface area contributed by atoms with Gasteiger partial charge >= 0.3 is 0 Å². The maximum Gasteiger partial charge on any atom is 0.262 e. The fourth-order valence-electron chi connectivity index (χ4n) is 3.30. The second-order valence-electron chi connectivity index (χ2n) is 6.66. The van der Waals surface area contributed by atoms with Crippen LogP contribution in [0, 0.1) is 0 Å². The number of nitrogens with zero attached hydrogens (tertiary/aromatic N) is 3. The zero-order chi connectivity index (χ0) is 21.1. The van der Waals surface area contributed by atoms with Gasteiger partial charge in [0, 0.05) is 29.3 Å². The topological polar surface area (TPSA) is 64.4 Å². The molecule has 0 N–H and O–H groups in total. The summed E-state index contributed by atoms with van der Waals surface area (Å²) in [5.41, 5.74) is 1.30. The van der Waals surface area contributed by atoms with Crippen molar-refractivity contribution in [3.05, 3.63) is 57.8 Å². The molecule has 1 aliphatic rings. The lowest BCUT2D eigenvalue weighted by atomic mass is 10.2. The minimum Gasteiger partial charge on any atom is -0.383 e. The molecule has 0 saturated carbocycles. The summed E-state index contributed by atoms with van der Waals surface area (Å²) in [5.74, 6) is 1.04. The molecule has 0 aliphatic carbocycles. The first-order chi connectivity index (χ1) is 14.6. The van der Waals surface area contributed by atoms with Crippen molar-refractivity contribution in [2.45, 2.75) is 16.6 Å². The van der Waals surface area contributed by atoms with Crippen molar-refractivity contribution in [2.24, 2.45) is 0 Å². The van der Waals surface area contributed by atoms with E-state index >= 15 is 0 Å². The van der Waals surface area contributed by atoms with E-state index in [1.54, 1.807) is 41.6 Å². The van der Waals surface area contributed by atoms with E-state index < -0.39 is 0 Å². The molecule has 2 aromatic carbocycles. The van der Waals surface area contributed by atoms with Crippen LogP contribution in [0.4, 0.5) is 5.69 Å². The molecule has 1 aromatic heterocycles. The SMILES string of the molecule is COCCn1c(SCC(=O)N2CCSc3ccccc32)nc2cc(Cl)ccc2c1=O. The lowest BCUT2D eigenvalue weighted by molar-refractivity contribution is -0.116. The molecule has 3 aromatic rings. The molecule has 0 bridgehead atoms. The summed E-state index contributed by atoms with van der Waals surface area (Å²) in [6.07, 6.45) is 0. The number of para-hydroxylation sites is 1. The van der Waals surface area contributed by atoms with Crippen LogP contribution in [0.1, 0.15) is 0 Å². The van der Waals surface area contributed by atoms with E-state index in [0.29, 0.717) is 40.8 Å². The highest BCUT2D eigenvalue weighted by Crippen LogP contribution is 2.34. The van der Waals surface area contributed by atoms with E-state index in [4.69, 9.17) is 16.3 Å². The van der Waals surface area contributed by atoms with Gasteiger partial charge in [0.15, 0.2) is 5.16 Å². The number of anilines is 1. The Morgan fingerprint density at radius 3 is 2.97 bits per heavy atom. The van der Waals surface area contributed by atoms with Crippen molar-refractivity contribution in [3.63, 3.8) is 0 Å². The first-order valence-corrected chi connectivity index (χ1v) is 11.8. The number of thioether (sulfide) groups is 2. The zero-order valence-electron chi connectivity index (χ0n) is 16.3. The average Bonchev–Trinajstić information content (AvgIpc) is 2.76. The molecule has 6 nitrogen and oxygen atoms in total. The van der Waals surface area contributed by atoms with Gasteiger partial charge < -0.3 is 9.64 Å². The van der Waals surface area contributed by atoms with E-state index in [0.717, 1.165) is 16.3 Å². The van der Waals surface area contributed by atoms with E-state index in [1.165, 1.54) is 11.8 Å².